The van der Waals surface area contributed by atoms with Crippen molar-refractivity contribution in [2.75, 3.05) is 13.6 Å². The van der Waals surface area contributed by atoms with E-state index in [1.165, 1.54) is 6.07 Å². The molecule has 1 heterocycles. The van der Waals surface area contributed by atoms with Crippen LogP contribution in [-0.2, 0) is 15.6 Å². The zero-order chi connectivity index (χ0) is 18.4. The van der Waals surface area contributed by atoms with Gasteiger partial charge in [0.25, 0.3) is 9.05 Å². The van der Waals surface area contributed by atoms with E-state index in [0.717, 1.165) is 23.3 Å². The minimum absolute atomic E-state index is 0.164. The van der Waals surface area contributed by atoms with Crippen molar-refractivity contribution in [1.82, 2.24) is 4.90 Å². The maximum atomic E-state index is 14.5. The molecule has 0 aliphatic carbocycles. The Kier molecular flexibility index (Phi) is 4.78. The number of hydrogen-bond donors (Lipinski definition) is 0. The number of nitrogens with zero attached hydrogens (tertiary/aromatic N) is 2. The fourth-order valence-electron chi connectivity index (χ4n) is 3.20. The van der Waals surface area contributed by atoms with Gasteiger partial charge >= 0.3 is 0 Å². The second kappa shape index (κ2) is 6.58. The average Bonchev–Trinajstić information content (AvgIpc) is 2.53. The monoisotopic (exact) mass is 398 g/mol. The fraction of sp³-hybridized carbons (Fsp3) is 0.235. The van der Waals surface area contributed by atoms with Crippen molar-refractivity contribution in [1.29, 1.82) is 5.26 Å². The average molecular weight is 399 g/mol. The lowest BCUT2D eigenvalue weighted by Crippen LogP contribution is -2.32. The maximum absolute atomic E-state index is 14.5. The molecule has 0 amide bonds. The Morgan fingerprint density at radius 2 is 2.00 bits per heavy atom. The van der Waals surface area contributed by atoms with Gasteiger partial charge in [-0.1, -0.05) is 11.6 Å². The first kappa shape index (κ1) is 18.2. The molecule has 2 aromatic carbocycles. The molecule has 3 rings (SSSR count). The van der Waals surface area contributed by atoms with Gasteiger partial charge in [-0.25, -0.2) is 12.8 Å². The molecule has 8 heteroatoms. The minimum atomic E-state index is -3.98. The summed E-state index contributed by atoms with van der Waals surface area (Å²) < 4.78 is 37.7. The molecule has 1 unspecified atom stereocenters. The summed E-state index contributed by atoms with van der Waals surface area (Å²) in [4.78, 5) is 1.78. The second-order valence-electron chi connectivity index (χ2n) is 6.00. The molecule has 1 atom stereocenters. The third-order valence-electron chi connectivity index (χ3n) is 4.29. The molecule has 1 aliphatic heterocycles. The summed E-state index contributed by atoms with van der Waals surface area (Å²) in [7, 11) is 3.27. The predicted octanol–water partition coefficient (Wildman–Crippen LogP) is 3.86. The van der Waals surface area contributed by atoms with Crippen LogP contribution in [0.4, 0.5) is 4.39 Å². The van der Waals surface area contributed by atoms with E-state index in [1.807, 2.05) is 11.9 Å². The first-order chi connectivity index (χ1) is 11.7. The van der Waals surface area contributed by atoms with E-state index < -0.39 is 20.8 Å². The molecule has 2 aromatic rings. The van der Waals surface area contributed by atoms with E-state index in [4.69, 9.17) is 22.3 Å². The van der Waals surface area contributed by atoms with Crippen LogP contribution in [0.15, 0.2) is 35.2 Å². The molecule has 0 spiro atoms. The fourth-order valence-corrected chi connectivity index (χ4v) is 4.21. The molecule has 1 aliphatic rings. The lowest BCUT2D eigenvalue weighted by Gasteiger charge is -2.33. The Morgan fingerprint density at radius 3 is 2.64 bits per heavy atom. The lowest BCUT2D eigenvalue weighted by molar-refractivity contribution is 0.292. The first-order valence-electron chi connectivity index (χ1n) is 7.35. The van der Waals surface area contributed by atoms with Crippen molar-refractivity contribution in [2.45, 2.75) is 17.4 Å². The molecule has 0 radical (unpaired) electrons. The van der Waals surface area contributed by atoms with E-state index in [-0.39, 0.29) is 10.5 Å². The van der Waals surface area contributed by atoms with Gasteiger partial charge in [0, 0.05) is 34.7 Å². The van der Waals surface area contributed by atoms with Gasteiger partial charge in [-0.2, -0.15) is 5.26 Å². The number of nitriles is 1. The molecular formula is C17H13Cl2FN2O2S. The van der Waals surface area contributed by atoms with Crippen molar-refractivity contribution >= 4 is 31.3 Å². The van der Waals surface area contributed by atoms with Crippen LogP contribution in [0.3, 0.4) is 0 Å². The molecule has 0 fully saturated rings. The third kappa shape index (κ3) is 3.51. The highest BCUT2D eigenvalue weighted by Gasteiger charge is 2.30. The maximum Gasteiger partial charge on any atom is 0.261 e. The molecule has 0 aromatic heterocycles. The van der Waals surface area contributed by atoms with Crippen molar-refractivity contribution in [2.24, 2.45) is 0 Å². The normalized spacial score (nSPS) is 17.8. The summed E-state index contributed by atoms with van der Waals surface area (Å²) in [6, 6.07) is 8.87. The van der Waals surface area contributed by atoms with Crippen molar-refractivity contribution < 1.29 is 12.8 Å². The Hall–Kier alpha value is -1.65. The SMILES string of the molecule is CN1Cc2c(C#N)cc(Cl)cc2C(c2cc(S(=O)(=O)Cl)ccc2F)C1. The number of halogens is 3. The molecule has 130 valence electrons. The molecule has 0 bridgehead atoms. The number of fused-ring (bicyclic) bond motifs is 1. The Bertz CT molecular complexity index is 1000. The Balaban J connectivity index is 2.24. The van der Waals surface area contributed by atoms with Crippen LogP contribution in [0, 0.1) is 17.1 Å². The highest BCUT2D eigenvalue weighted by atomic mass is 35.7. The number of benzene rings is 2. The third-order valence-corrected chi connectivity index (χ3v) is 5.86. The van der Waals surface area contributed by atoms with Crippen LogP contribution in [0.2, 0.25) is 5.02 Å². The summed E-state index contributed by atoms with van der Waals surface area (Å²) >= 11 is 6.12. The molecular weight excluding hydrogens is 386 g/mol. The van der Waals surface area contributed by atoms with E-state index in [9.17, 15) is 18.1 Å². The second-order valence-corrected chi connectivity index (χ2v) is 9.01. The Morgan fingerprint density at radius 1 is 1.28 bits per heavy atom. The van der Waals surface area contributed by atoms with Gasteiger partial charge in [-0.15, -0.1) is 0 Å². The summed E-state index contributed by atoms with van der Waals surface area (Å²) in [5.41, 5.74) is 2.13. The molecule has 0 N–H and O–H groups in total. The van der Waals surface area contributed by atoms with Gasteiger partial charge in [0.05, 0.1) is 16.5 Å². The summed E-state index contributed by atoms with van der Waals surface area (Å²) in [6.45, 7) is 0.988. The molecule has 4 nitrogen and oxygen atoms in total. The zero-order valence-electron chi connectivity index (χ0n) is 13.1. The van der Waals surface area contributed by atoms with Crippen LogP contribution in [0.5, 0.6) is 0 Å². The van der Waals surface area contributed by atoms with Gasteiger partial charge in [0.15, 0.2) is 0 Å². The highest BCUT2D eigenvalue weighted by molar-refractivity contribution is 8.13. The molecule has 0 saturated carbocycles. The quantitative estimate of drug-likeness (QED) is 0.720. The van der Waals surface area contributed by atoms with Crippen LogP contribution in [0.25, 0.3) is 0 Å². The van der Waals surface area contributed by atoms with Gasteiger partial charge in [0.2, 0.25) is 0 Å². The van der Waals surface area contributed by atoms with Gasteiger partial charge in [-0.3, -0.25) is 0 Å². The van der Waals surface area contributed by atoms with Crippen LogP contribution >= 0.6 is 22.3 Å². The Labute approximate surface area is 154 Å². The molecule has 25 heavy (non-hydrogen) atoms. The van der Waals surface area contributed by atoms with E-state index >= 15 is 0 Å². The summed E-state index contributed by atoms with van der Waals surface area (Å²) in [5.74, 6) is -0.994. The van der Waals surface area contributed by atoms with Crippen LogP contribution in [0.1, 0.15) is 28.2 Å². The van der Waals surface area contributed by atoms with Gasteiger partial charge in [-0.05, 0) is 54.1 Å². The molecule has 0 saturated heterocycles. The van der Waals surface area contributed by atoms with Gasteiger partial charge < -0.3 is 4.90 Å². The number of hydrogen-bond acceptors (Lipinski definition) is 4. The van der Waals surface area contributed by atoms with Crippen LogP contribution < -0.4 is 0 Å². The van der Waals surface area contributed by atoms with Gasteiger partial charge in [0.1, 0.15) is 5.82 Å². The van der Waals surface area contributed by atoms with E-state index in [1.54, 1.807) is 12.1 Å². The number of likely N-dealkylation sites (N-methyl/N-ethyl adjacent to an activating group) is 1. The number of rotatable bonds is 2. The standard InChI is InChI=1S/C17H13Cl2FN2O2S/c1-22-8-15-10(7-21)4-11(18)5-13(15)16(9-22)14-6-12(25(19,23)24)2-3-17(14)20/h2-6,16H,8-9H2,1H3. The zero-order valence-corrected chi connectivity index (χ0v) is 15.5. The topological polar surface area (TPSA) is 61.2 Å². The predicted molar refractivity (Wildman–Crippen MR) is 93.8 cm³/mol. The van der Waals surface area contributed by atoms with Crippen molar-refractivity contribution in [3.63, 3.8) is 0 Å². The van der Waals surface area contributed by atoms with E-state index in [0.29, 0.717) is 23.7 Å². The van der Waals surface area contributed by atoms with Crippen molar-refractivity contribution in [3.05, 3.63) is 63.4 Å². The highest BCUT2D eigenvalue weighted by Crippen LogP contribution is 2.38. The lowest BCUT2D eigenvalue weighted by atomic mass is 9.83. The minimum Gasteiger partial charge on any atom is -0.301 e. The first-order valence-corrected chi connectivity index (χ1v) is 10.0. The summed E-state index contributed by atoms with van der Waals surface area (Å²) in [6.07, 6.45) is 0. The van der Waals surface area contributed by atoms with E-state index in [2.05, 4.69) is 6.07 Å². The van der Waals surface area contributed by atoms with Crippen molar-refractivity contribution in [3.8, 4) is 6.07 Å². The summed E-state index contributed by atoms with van der Waals surface area (Å²) in [5, 5.41) is 9.75. The smallest absolute Gasteiger partial charge is 0.261 e. The van der Waals surface area contributed by atoms with Crippen LogP contribution in [-0.4, -0.2) is 26.9 Å². The largest absolute Gasteiger partial charge is 0.301 e.